The van der Waals surface area contributed by atoms with Gasteiger partial charge in [-0.25, -0.2) is 40.9 Å². The molecule has 0 aromatic carbocycles. The Kier molecular flexibility index (Phi) is 5.63. The number of nitrogens with zero attached hydrogens (tertiary/aromatic N) is 2. The summed E-state index contributed by atoms with van der Waals surface area (Å²) in [4.78, 5) is 40.1. The lowest BCUT2D eigenvalue weighted by Crippen LogP contribution is -2.48. The highest BCUT2D eigenvalue weighted by Crippen LogP contribution is 1.62. The number of amides is 4. The van der Waals surface area contributed by atoms with Crippen LogP contribution in [0.25, 0.3) is 0 Å². The van der Waals surface area contributed by atoms with Gasteiger partial charge in [0.2, 0.25) is 0 Å². The maximum absolute atomic E-state index is 10.5. The quantitative estimate of drug-likeness (QED) is 0.232. The number of hydrazone groups is 2. The summed E-state index contributed by atoms with van der Waals surface area (Å²) < 4.78 is 0. The molecule has 0 bridgehead atoms. The lowest BCUT2D eigenvalue weighted by Gasteiger charge is -2.03. The highest BCUT2D eigenvalue weighted by Gasteiger charge is 2.00. The number of hydrogen-bond acceptors (Lipinski definition) is 6. The predicted molar refractivity (Wildman–Crippen MR) is 39.6 cm³/mol. The summed E-state index contributed by atoms with van der Waals surface area (Å²) in [6, 6.07) is -1.95. The summed E-state index contributed by atoms with van der Waals surface area (Å²) in [5.74, 6) is 0. The van der Waals surface area contributed by atoms with Crippen molar-refractivity contribution in [3.8, 4) is 0 Å². The van der Waals surface area contributed by atoms with E-state index in [0.29, 0.717) is 0 Å². The van der Waals surface area contributed by atoms with Gasteiger partial charge >= 0.3 is 12.1 Å². The highest BCUT2D eigenvalue weighted by molar-refractivity contribution is 5.79. The topological polar surface area (TPSA) is 141 Å². The Balaban J connectivity index is 3.71. The Morgan fingerprint density at radius 2 is 1.21 bits per heavy atom. The van der Waals surface area contributed by atoms with Gasteiger partial charge in [0, 0.05) is 0 Å². The molecule has 0 saturated heterocycles. The third kappa shape index (κ3) is 6.04. The van der Waals surface area contributed by atoms with Crippen LogP contribution in [0.3, 0.4) is 0 Å². The van der Waals surface area contributed by atoms with Crippen molar-refractivity contribution in [2.24, 2.45) is 10.2 Å². The van der Waals surface area contributed by atoms with E-state index in [-0.39, 0.29) is 0 Å². The number of urea groups is 2. The largest absolute Gasteiger partial charge is 0.354 e. The summed E-state index contributed by atoms with van der Waals surface area (Å²) in [7, 11) is 0. The fourth-order valence-corrected chi connectivity index (χ4v) is 0.317. The fraction of sp³-hybridized carbons (Fsp3) is 0. The van der Waals surface area contributed by atoms with Crippen molar-refractivity contribution in [2.45, 2.75) is 0 Å². The van der Waals surface area contributed by atoms with Crippen molar-refractivity contribution in [3.63, 3.8) is 0 Å². The molecule has 10 heteroatoms. The van der Waals surface area contributed by atoms with Gasteiger partial charge in [-0.3, -0.25) is 0 Å². The Labute approximate surface area is 76.4 Å². The molecule has 0 heterocycles. The third-order valence-corrected chi connectivity index (χ3v) is 0.696. The lowest BCUT2D eigenvalue weighted by molar-refractivity contribution is 0.224. The van der Waals surface area contributed by atoms with Crippen LogP contribution < -0.4 is 21.7 Å². The van der Waals surface area contributed by atoms with Crippen LogP contribution in [0.2, 0.25) is 0 Å². The van der Waals surface area contributed by atoms with Gasteiger partial charge in [-0.15, -0.1) is 0 Å². The van der Waals surface area contributed by atoms with E-state index in [1.807, 2.05) is 0 Å². The van der Waals surface area contributed by atoms with Crippen LogP contribution in [0.1, 0.15) is 0 Å². The number of hydrazine groups is 1. The molecule has 0 rings (SSSR count). The van der Waals surface area contributed by atoms with Crippen molar-refractivity contribution >= 4 is 24.2 Å². The van der Waals surface area contributed by atoms with E-state index < -0.39 is 12.1 Å². The molecule has 0 unspecified atom stereocenters. The smallest absolute Gasteiger partial charge is 0.246 e. The minimum absolute atomic E-state index is 0.974. The molecule has 4 amide bonds. The zero-order valence-electron chi connectivity index (χ0n) is 6.53. The standard InChI is InChI=1S/C4H4N6O4/c11-1-5-7-3(13)9-10-4(14)8-6-2-12/h(H2,7,9,13)(H2,8,10,14). The predicted octanol–water partition coefficient (Wildman–Crippen LogP) is -2.00. The molecule has 0 spiro atoms. The zero-order valence-corrected chi connectivity index (χ0v) is 6.53. The van der Waals surface area contributed by atoms with Gasteiger partial charge in [-0.2, -0.15) is 0 Å². The highest BCUT2D eigenvalue weighted by atomic mass is 16.2. The first kappa shape index (κ1) is 11.3. The average molecular weight is 200 g/mol. The Morgan fingerprint density at radius 1 is 0.857 bits per heavy atom. The number of hydrogen-bond donors (Lipinski definition) is 4. The molecule has 0 aliphatic carbocycles. The first-order chi connectivity index (χ1) is 6.70. The monoisotopic (exact) mass is 200 g/mol. The summed E-state index contributed by atoms with van der Waals surface area (Å²) >= 11 is 0. The van der Waals surface area contributed by atoms with E-state index in [9.17, 15) is 19.2 Å². The number of carbonyl (C=O) groups excluding carboxylic acids is 4. The van der Waals surface area contributed by atoms with Crippen molar-refractivity contribution in [1.29, 1.82) is 0 Å². The number of nitrogens with one attached hydrogen (secondary N) is 4. The van der Waals surface area contributed by atoms with Crippen molar-refractivity contribution in [1.82, 2.24) is 21.7 Å². The van der Waals surface area contributed by atoms with E-state index >= 15 is 0 Å². The van der Waals surface area contributed by atoms with Crippen LogP contribution in [-0.2, 0) is 9.59 Å². The Morgan fingerprint density at radius 3 is 1.50 bits per heavy atom. The number of carbonyl (C=O) groups is 2. The third-order valence-electron chi connectivity index (χ3n) is 0.696. The summed E-state index contributed by atoms with van der Waals surface area (Å²) in [6.07, 6.45) is 2.05. The van der Waals surface area contributed by atoms with Gasteiger partial charge in [0.15, 0.2) is 0 Å². The second-order valence-electron chi connectivity index (χ2n) is 1.54. The van der Waals surface area contributed by atoms with Crippen LogP contribution in [0.5, 0.6) is 0 Å². The van der Waals surface area contributed by atoms with Crippen LogP contribution in [0.15, 0.2) is 10.2 Å². The summed E-state index contributed by atoms with van der Waals surface area (Å²) in [5, 5.41) is 5.37. The van der Waals surface area contributed by atoms with E-state index in [4.69, 9.17) is 0 Å². The van der Waals surface area contributed by atoms with Gasteiger partial charge in [-0.1, -0.05) is 10.2 Å². The zero-order chi connectivity index (χ0) is 10.8. The summed E-state index contributed by atoms with van der Waals surface area (Å²) in [6.45, 7) is 0. The molecule has 14 heavy (non-hydrogen) atoms. The minimum Gasteiger partial charge on any atom is -0.246 e. The normalized spacial score (nSPS) is 7.14. The SMILES string of the molecule is O=C=NNC(=O)NNC(=O)NN=C=O. The molecule has 0 aromatic rings. The van der Waals surface area contributed by atoms with Crippen LogP contribution in [0.4, 0.5) is 9.59 Å². The first-order valence-electron chi connectivity index (χ1n) is 2.96. The molecule has 0 aromatic heterocycles. The van der Waals surface area contributed by atoms with Crippen LogP contribution >= 0.6 is 0 Å². The van der Waals surface area contributed by atoms with Crippen molar-refractivity contribution in [2.75, 3.05) is 0 Å². The second kappa shape index (κ2) is 6.98. The molecular weight excluding hydrogens is 196 g/mol. The Hall–Kier alpha value is -2.70. The van der Waals surface area contributed by atoms with Gasteiger partial charge in [0.05, 0.1) is 0 Å². The molecule has 0 radical (unpaired) electrons. The van der Waals surface area contributed by atoms with E-state index in [2.05, 4.69) is 10.2 Å². The first-order valence-corrected chi connectivity index (χ1v) is 2.96. The van der Waals surface area contributed by atoms with Gasteiger partial charge < -0.3 is 0 Å². The lowest BCUT2D eigenvalue weighted by atomic mass is 11.0. The van der Waals surface area contributed by atoms with E-state index in [1.54, 1.807) is 21.7 Å². The molecule has 0 atom stereocenters. The number of isocyanates is 2. The van der Waals surface area contributed by atoms with E-state index in [0.717, 1.165) is 12.2 Å². The number of rotatable bonds is 2. The molecule has 0 aliphatic rings. The molecule has 10 nitrogen and oxygen atoms in total. The maximum atomic E-state index is 10.5. The summed E-state index contributed by atoms with van der Waals surface area (Å²) in [5.41, 5.74) is 6.79. The molecule has 74 valence electrons. The Bertz CT molecular complexity index is 282. The molecular formula is C4H4N6O4. The molecule has 4 N–H and O–H groups in total. The molecule has 0 saturated carbocycles. The maximum Gasteiger partial charge on any atom is 0.354 e. The van der Waals surface area contributed by atoms with Crippen molar-refractivity contribution in [3.05, 3.63) is 0 Å². The van der Waals surface area contributed by atoms with E-state index in [1.165, 1.54) is 0 Å². The van der Waals surface area contributed by atoms with Gasteiger partial charge in [-0.05, 0) is 0 Å². The molecule has 0 aliphatic heterocycles. The van der Waals surface area contributed by atoms with Gasteiger partial charge in [0.1, 0.15) is 0 Å². The average Bonchev–Trinajstić information content (AvgIpc) is 2.20. The van der Waals surface area contributed by atoms with Gasteiger partial charge in [0.25, 0.3) is 12.2 Å². The van der Waals surface area contributed by atoms with Crippen LogP contribution in [0, 0.1) is 0 Å². The van der Waals surface area contributed by atoms with Crippen LogP contribution in [-0.4, -0.2) is 24.2 Å². The fourth-order valence-electron chi connectivity index (χ4n) is 0.317. The molecule has 0 fully saturated rings. The minimum atomic E-state index is -0.974. The van der Waals surface area contributed by atoms with Crippen molar-refractivity contribution < 1.29 is 19.2 Å². The second-order valence-corrected chi connectivity index (χ2v) is 1.54.